The topological polar surface area (TPSA) is 86.6 Å². The summed E-state index contributed by atoms with van der Waals surface area (Å²) in [6.07, 6.45) is 1.37. The Morgan fingerprint density at radius 1 is 1.03 bits per heavy atom. The summed E-state index contributed by atoms with van der Waals surface area (Å²) in [7, 11) is 2.68. The first-order valence-electron chi connectivity index (χ1n) is 10.3. The van der Waals surface area contributed by atoms with E-state index in [9.17, 15) is 18.8 Å². The predicted octanol–water partition coefficient (Wildman–Crippen LogP) is 4.21. The first-order valence-corrected chi connectivity index (χ1v) is 10.3. The lowest BCUT2D eigenvalue weighted by Crippen LogP contribution is -2.24. The fourth-order valence-corrected chi connectivity index (χ4v) is 3.36. The van der Waals surface area contributed by atoms with Gasteiger partial charge in [-0.1, -0.05) is 26.0 Å². The number of carbonyl (C=O) groups excluding carboxylic acids is 2. The Hall–Kier alpha value is -3.94. The van der Waals surface area contributed by atoms with Gasteiger partial charge in [0.05, 0.1) is 25.5 Å². The molecule has 1 amide bonds. The normalized spacial score (nSPS) is 10.7. The Labute approximate surface area is 190 Å². The van der Waals surface area contributed by atoms with Crippen LogP contribution in [0.2, 0.25) is 0 Å². The number of benzene rings is 2. The molecular weight excluding hydrogens is 427 g/mol. The van der Waals surface area contributed by atoms with Crippen molar-refractivity contribution in [1.29, 1.82) is 0 Å². The van der Waals surface area contributed by atoms with Gasteiger partial charge in [-0.3, -0.25) is 14.4 Å². The van der Waals surface area contributed by atoms with E-state index in [4.69, 9.17) is 4.74 Å². The first-order chi connectivity index (χ1) is 15.7. The zero-order valence-corrected chi connectivity index (χ0v) is 18.8. The number of hydrogen-bond acceptors (Lipinski definition) is 5. The van der Waals surface area contributed by atoms with Crippen molar-refractivity contribution in [2.24, 2.45) is 0 Å². The van der Waals surface area contributed by atoms with Crippen LogP contribution in [0.1, 0.15) is 35.7 Å². The van der Waals surface area contributed by atoms with Crippen LogP contribution in [0.5, 0.6) is 5.75 Å². The second-order valence-electron chi connectivity index (χ2n) is 7.72. The van der Waals surface area contributed by atoms with Gasteiger partial charge in [-0.25, -0.2) is 4.39 Å². The Bertz CT molecular complexity index is 1250. The number of aromatic nitrogens is 1. The number of anilines is 1. The number of hydrogen-bond donors (Lipinski definition) is 1. The molecule has 0 aliphatic carbocycles. The summed E-state index contributed by atoms with van der Waals surface area (Å²) in [5.74, 6) is -0.934. The number of nitrogens with zero attached hydrogens (tertiary/aromatic N) is 1. The van der Waals surface area contributed by atoms with Crippen molar-refractivity contribution < 1.29 is 23.5 Å². The highest BCUT2D eigenvalue weighted by molar-refractivity contribution is 6.06. The summed E-state index contributed by atoms with van der Waals surface area (Å²) in [5, 5.41) is 2.70. The van der Waals surface area contributed by atoms with E-state index in [0.29, 0.717) is 17.0 Å². The maximum absolute atomic E-state index is 14.1. The minimum Gasteiger partial charge on any atom is -0.496 e. The zero-order chi connectivity index (χ0) is 24.1. The van der Waals surface area contributed by atoms with Crippen LogP contribution in [0.25, 0.3) is 11.1 Å². The summed E-state index contributed by atoms with van der Waals surface area (Å²) in [6, 6.07) is 12.7. The standard InChI is InChI=1S/C25H25FN2O5/c1-15(2)20-11-16(6-9-21(20)26)17-5-8-19(22(12-17)32-3)25(31)27-18-7-10-23(29)28(13-18)14-24(30)33-4/h5-13,15H,14H2,1-4H3,(H,27,31). The molecule has 0 spiro atoms. The molecule has 1 aromatic heterocycles. The van der Waals surface area contributed by atoms with Crippen LogP contribution in [0.3, 0.4) is 0 Å². The van der Waals surface area contributed by atoms with Gasteiger partial charge in [-0.15, -0.1) is 0 Å². The van der Waals surface area contributed by atoms with Gasteiger partial charge in [0.1, 0.15) is 18.1 Å². The fraction of sp³-hybridized carbons (Fsp3) is 0.240. The SMILES string of the molecule is COC(=O)Cn1cc(NC(=O)c2ccc(-c3ccc(F)c(C(C)C)c3)cc2OC)ccc1=O. The summed E-state index contributed by atoms with van der Waals surface area (Å²) >= 11 is 0. The number of pyridine rings is 1. The molecule has 2 aromatic carbocycles. The highest BCUT2D eigenvalue weighted by Gasteiger charge is 2.16. The molecular formula is C25H25FN2O5. The van der Waals surface area contributed by atoms with E-state index in [-0.39, 0.29) is 23.8 Å². The molecule has 0 saturated heterocycles. The highest BCUT2D eigenvalue weighted by Crippen LogP contribution is 2.30. The van der Waals surface area contributed by atoms with Crippen molar-refractivity contribution >= 4 is 17.6 Å². The number of ether oxygens (including phenoxy) is 2. The molecule has 0 aliphatic heterocycles. The Morgan fingerprint density at radius 2 is 1.73 bits per heavy atom. The van der Waals surface area contributed by atoms with Crippen LogP contribution in [0.4, 0.5) is 10.1 Å². The van der Waals surface area contributed by atoms with Crippen molar-refractivity contribution in [2.45, 2.75) is 26.3 Å². The largest absolute Gasteiger partial charge is 0.496 e. The van der Waals surface area contributed by atoms with E-state index >= 15 is 0 Å². The number of carbonyl (C=O) groups is 2. The smallest absolute Gasteiger partial charge is 0.325 e. The molecule has 0 saturated carbocycles. The van der Waals surface area contributed by atoms with Crippen LogP contribution in [-0.4, -0.2) is 30.7 Å². The molecule has 7 nitrogen and oxygen atoms in total. The van der Waals surface area contributed by atoms with Crippen LogP contribution in [-0.2, 0) is 16.1 Å². The third-order valence-electron chi connectivity index (χ3n) is 5.17. The number of halogens is 1. The molecule has 0 unspecified atom stereocenters. The molecule has 33 heavy (non-hydrogen) atoms. The van der Waals surface area contributed by atoms with Crippen molar-refractivity contribution in [1.82, 2.24) is 4.57 Å². The van der Waals surface area contributed by atoms with Gasteiger partial charge in [0, 0.05) is 12.3 Å². The van der Waals surface area contributed by atoms with Crippen molar-refractivity contribution in [3.8, 4) is 16.9 Å². The fourth-order valence-electron chi connectivity index (χ4n) is 3.36. The number of esters is 1. The molecule has 1 N–H and O–H groups in total. The van der Waals surface area contributed by atoms with Gasteiger partial charge in [0.25, 0.3) is 11.5 Å². The lowest BCUT2D eigenvalue weighted by atomic mass is 9.96. The molecule has 8 heteroatoms. The number of rotatable bonds is 7. The second-order valence-corrected chi connectivity index (χ2v) is 7.72. The molecule has 0 fully saturated rings. The Morgan fingerprint density at radius 3 is 2.39 bits per heavy atom. The van der Waals surface area contributed by atoms with Gasteiger partial charge in [-0.05, 0) is 52.9 Å². The zero-order valence-electron chi connectivity index (χ0n) is 18.8. The van der Waals surface area contributed by atoms with E-state index in [1.165, 1.54) is 38.6 Å². The second kappa shape index (κ2) is 10.1. The number of methoxy groups -OCH3 is 2. The predicted molar refractivity (Wildman–Crippen MR) is 123 cm³/mol. The van der Waals surface area contributed by atoms with E-state index in [1.807, 2.05) is 13.8 Å². The third kappa shape index (κ3) is 5.46. The molecule has 3 rings (SSSR count). The summed E-state index contributed by atoms with van der Waals surface area (Å²) in [6.45, 7) is 3.57. The average molecular weight is 452 g/mol. The average Bonchev–Trinajstić information content (AvgIpc) is 2.80. The van der Waals surface area contributed by atoms with E-state index < -0.39 is 17.4 Å². The van der Waals surface area contributed by atoms with Crippen LogP contribution >= 0.6 is 0 Å². The Kier molecular flexibility index (Phi) is 7.27. The van der Waals surface area contributed by atoms with Gasteiger partial charge in [0.2, 0.25) is 0 Å². The lowest BCUT2D eigenvalue weighted by Gasteiger charge is -2.14. The van der Waals surface area contributed by atoms with Crippen LogP contribution < -0.4 is 15.6 Å². The molecule has 3 aromatic rings. The van der Waals surface area contributed by atoms with E-state index in [1.54, 1.807) is 30.3 Å². The summed E-state index contributed by atoms with van der Waals surface area (Å²) < 4.78 is 25.2. The molecule has 1 heterocycles. The van der Waals surface area contributed by atoms with Crippen molar-refractivity contribution in [3.63, 3.8) is 0 Å². The molecule has 0 aliphatic rings. The van der Waals surface area contributed by atoms with E-state index in [0.717, 1.165) is 15.7 Å². The first kappa shape index (κ1) is 23.7. The van der Waals surface area contributed by atoms with Gasteiger partial charge >= 0.3 is 5.97 Å². The maximum Gasteiger partial charge on any atom is 0.325 e. The minimum atomic E-state index is -0.584. The molecule has 0 bridgehead atoms. The monoisotopic (exact) mass is 452 g/mol. The highest BCUT2D eigenvalue weighted by atomic mass is 19.1. The molecule has 0 radical (unpaired) electrons. The van der Waals surface area contributed by atoms with Crippen LogP contribution in [0, 0.1) is 5.82 Å². The maximum atomic E-state index is 14.1. The number of nitrogens with one attached hydrogen (secondary N) is 1. The quantitative estimate of drug-likeness (QED) is 0.543. The third-order valence-corrected chi connectivity index (χ3v) is 5.17. The van der Waals surface area contributed by atoms with Gasteiger partial charge in [0.15, 0.2) is 0 Å². The van der Waals surface area contributed by atoms with Crippen molar-refractivity contribution in [3.05, 3.63) is 82.0 Å². The summed E-state index contributed by atoms with van der Waals surface area (Å²) in [5.41, 5.74) is 2.39. The molecule has 0 atom stereocenters. The summed E-state index contributed by atoms with van der Waals surface area (Å²) in [4.78, 5) is 36.3. The van der Waals surface area contributed by atoms with Crippen molar-refractivity contribution in [2.75, 3.05) is 19.5 Å². The number of amides is 1. The minimum absolute atomic E-state index is 0.0272. The Balaban J connectivity index is 1.88. The molecule has 172 valence electrons. The van der Waals surface area contributed by atoms with Gasteiger partial charge < -0.3 is 19.4 Å². The van der Waals surface area contributed by atoms with Crippen LogP contribution in [0.15, 0.2) is 59.5 Å². The lowest BCUT2D eigenvalue weighted by molar-refractivity contribution is -0.141. The van der Waals surface area contributed by atoms with E-state index in [2.05, 4.69) is 10.1 Å². The van der Waals surface area contributed by atoms with Gasteiger partial charge in [-0.2, -0.15) is 0 Å².